The Morgan fingerprint density at radius 2 is 1.73 bits per heavy atom. The summed E-state index contributed by atoms with van der Waals surface area (Å²) in [5.74, 6) is -1.20. The summed E-state index contributed by atoms with van der Waals surface area (Å²) in [5.41, 5.74) is 1.07. The lowest BCUT2D eigenvalue weighted by molar-refractivity contribution is -0.123. The van der Waals surface area contributed by atoms with Crippen LogP contribution in [0.4, 0.5) is 0 Å². The van der Waals surface area contributed by atoms with Crippen molar-refractivity contribution in [3.8, 4) is 0 Å². The molecule has 2 aromatic rings. The third-order valence-corrected chi connectivity index (χ3v) is 3.81. The fourth-order valence-corrected chi connectivity index (χ4v) is 2.69. The summed E-state index contributed by atoms with van der Waals surface area (Å²) >= 11 is 11.9. The number of benzene rings is 1. The third-order valence-electron chi connectivity index (χ3n) is 3.37. The number of amides is 2. The highest BCUT2D eigenvalue weighted by Crippen LogP contribution is 2.19. The number of hydrogen-bond donors (Lipinski definition) is 3. The summed E-state index contributed by atoms with van der Waals surface area (Å²) in [7, 11) is 1.41. The number of aromatic nitrogens is 1. The van der Waals surface area contributed by atoms with Gasteiger partial charge in [-0.3, -0.25) is 14.6 Å². The Balaban J connectivity index is 2.18. The Labute approximate surface area is 160 Å². The zero-order valence-electron chi connectivity index (χ0n) is 13.8. The lowest BCUT2D eigenvalue weighted by atomic mass is 10.1. The molecular weight excluding hydrogens is 375 g/mol. The molecule has 0 unspecified atom stereocenters. The second-order valence-electron chi connectivity index (χ2n) is 5.25. The van der Waals surface area contributed by atoms with Gasteiger partial charge in [-0.25, -0.2) is 0 Å². The second kappa shape index (κ2) is 9.12. The third kappa shape index (κ3) is 5.40. The number of rotatable bonds is 6. The normalized spacial score (nSPS) is 11.0. The van der Waals surface area contributed by atoms with Gasteiger partial charge >= 0.3 is 0 Å². The van der Waals surface area contributed by atoms with Crippen molar-refractivity contribution in [2.75, 3.05) is 7.05 Å². The number of pyridine rings is 1. The van der Waals surface area contributed by atoms with E-state index >= 15 is 0 Å². The Hall–Kier alpha value is -2.70. The van der Waals surface area contributed by atoms with Crippen LogP contribution >= 0.6 is 23.2 Å². The first-order chi connectivity index (χ1) is 12.4. The molecule has 0 aliphatic rings. The van der Waals surface area contributed by atoms with Gasteiger partial charge in [0.25, 0.3) is 11.8 Å². The van der Waals surface area contributed by atoms with Gasteiger partial charge in [0, 0.05) is 41.6 Å². The first-order valence-electron chi connectivity index (χ1n) is 7.56. The molecule has 0 bridgehead atoms. The maximum Gasteiger partial charge on any atom is 0.257 e. The number of halogens is 2. The standard InChI is InChI=1S/C18H16Cl2N4O2/c1-22-17(25)15(9-16(21)12-2-4-23-5-3-12)18(26)24-10-11-6-13(19)8-14(20)7-11/h2-9,21H,10H2,1H3,(H,22,25)(H,24,26)/b15-9+,21-16?. The number of nitrogens with one attached hydrogen (secondary N) is 3. The molecule has 134 valence electrons. The van der Waals surface area contributed by atoms with E-state index in [0.29, 0.717) is 21.2 Å². The van der Waals surface area contributed by atoms with E-state index in [4.69, 9.17) is 28.6 Å². The molecular formula is C18H16Cl2N4O2. The van der Waals surface area contributed by atoms with Gasteiger partial charge < -0.3 is 16.0 Å². The number of carbonyl (C=O) groups is 2. The highest BCUT2D eigenvalue weighted by atomic mass is 35.5. The summed E-state index contributed by atoms with van der Waals surface area (Å²) < 4.78 is 0. The lowest BCUT2D eigenvalue weighted by Crippen LogP contribution is -2.33. The average Bonchev–Trinajstić information content (AvgIpc) is 2.63. The molecule has 0 saturated heterocycles. The fourth-order valence-electron chi connectivity index (χ4n) is 2.12. The van der Waals surface area contributed by atoms with Gasteiger partial charge in [-0.2, -0.15) is 0 Å². The van der Waals surface area contributed by atoms with Gasteiger partial charge in [0.05, 0.1) is 5.71 Å². The SMILES string of the molecule is CNC(=O)/C(=C\C(=N)c1ccncc1)C(=O)NCc1cc(Cl)cc(Cl)c1. The predicted molar refractivity (Wildman–Crippen MR) is 102 cm³/mol. The Morgan fingerprint density at radius 1 is 1.12 bits per heavy atom. The minimum atomic E-state index is -0.612. The average molecular weight is 391 g/mol. The molecule has 26 heavy (non-hydrogen) atoms. The molecule has 6 nitrogen and oxygen atoms in total. The highest BCUT2D eigenvalue weighted by molar-refractivity contribution is 6.34. The van der Waals surface area contributed by atoms with Crippen molar-refractivity contribution in [3.63, 3.8) is 0 Å². The van der Waals surface area contributed by atoms with Crippen LogP contribution in [0.5, 0.6) is 0 Å². The van der Waals surface area contributed by atoms with Crippen LogP contribution in [0, 0.1) is 5.41 Å². The van der Waals surface area contributed by atoms with Crippen LogP contribution in [-0.2, 0) is 16.1 Å². The van der Waals surface area contributed by atoms with E-state index in [1.807, 2.05) is 0 Å². The van der Waals surface area contributed by atoms with Crippen molar-refractivity contribution in [3.05, 3.63) is 75.5 Å². The minimum absolute atomic E-state index is 0.0203. The van der Waals surface area contributed by atoms with Gasteiger partial charge in [0.1, 0.15) is 5.57 Å². The molecule has 0 fully saturated rings. The zero-order chi connectivity index (χ0) is 19.1. The van der Waals surface area contributed by atoms with Gasteiger partial charge in [-0.15, -0.1) is 0 Å². The number of allylic oxidation sites excluding steroid dienone is 1. The zero-order valence-corrected chi connectivity index (χ0v) is 15.4. The summed E-state index contributed by atoms with van der Waals surface area (Å²) in [6.45, 7) is 0.135. The van der Waals surface area contributed by atoms with Gasteiger partial charge in [-0.1, -0.05) is 23.2 Å². The molecule has 1 heterocycles. The largest absolute Gasteiger partial charge is 0.355 e. The number of likely N-dealkylation sites (N-methyl/N-ethyl adjacent to an activating group) is 1. The first-order valence-corrected chi connectivity index (χ1v) is 8.32. The van der Waals surface area contributed by atoms with Crippen molar-refractivity contribution in [2.45, 2.75) is 6.54 Å². The van der Waals surface area contributed by atoms with Gasteiger partial charge in [-0.05, 0) is 42.0 Å². The first kappa shape index (κ1) is 19.6. The van der Waals surface area contributed by atoms with Crippen molar-refractivity contribution in [1.82, 2.24) is 15.6 Å². The van der Waals surface area contributed by atoms with E-state index < -0.39 is 11.8 Å². The van der Waals surface area contributed by atoms with Crippen molar-refractivity contribution in [2.24, 2.45) is 0 Å². The van der Waals surface area contributed by atoms with Crippen LogP contribution in [0.3, 0.4) is 0 Å². The van der Waals surface area contributed by atoms with Gasteiger partial charge in [0.15, 0.2) is 0 Å². The monoisotopic (exact) mass is 390 g/mol. The lowest BCUT2D eigenvalue weighted by Gasteiger charge is -2.09. The summed E-state index contributed by atoms with van der Waals surface area (Å²) in [6.07, 6.45) is 4.27. The molecule has 2 rings (SSSR count). The summed E-state index contributed by atoms with van der Waals surface area (Å²) in [4.78, 5) is 28.4. The van der Waals surface area contributed by atoms with Crippen molar-refractivity contribution >= 4 is 40.7 Å². The second-order valence-corrected chi connectivity index (χ2v) is 6.12. The maximum absolute atomic E-state index is 12.4. The van der Waals surface area contributed by atoms with E-state index in [9.17, 15) is 9.59 Å². The molecule has 0 radical (unpaired) electrons. The molecule has 8 heteroatoms. The molecule has 2 amide bonds. The Morgan fingerprint density at radius 3 is 2.31 bits per heavy atom. The van der Waals surface area contributed by atoms with E-state index in [1.54, 1.807) is 30.3 Å². The van der Waals surface area contributed by atoms with Crippen LogP contribution < -0.4 is 10.6 Å². The van der Waals surface area contributed by atoms with Crippen molar-refractivity contribution < 1.29 is 9.59 Å². The van der Waals surface area contributed by atoms with Crippen LogP contribution in [0.1, 0.15) is 11.1 Å². The molecule has 0 spiro atoms. The Kier molecular flexibility index (Phi) is 6.89. The molecule has 0 aliphatic heterocycles. The van der Waals surface area contributed by atoms with E-state index in [0.717, 1.165) is 0 Å². The summed E-state index contributed by atoms with van der Waals surface area (Å²) in [5, 5.41) is 14.0. The smallest absolute Gasteiger partial charge is 0.257 e. The van der Waals surface area contributed by atoms with E-state index in [1.165, 1.54) is 25.5 Å². The van der Waals surface area contributed by atoms with Crippen molar-refractivity contribution in [1.29, 1.82) is 5.41 Å². The predicted octanol–water partition coefficient (Wildman–Crippen LogP) is 2.75. The maximum atomic E-state index is 12.4. The van der Waals surface area contributed by atoms with Crippen LogP contribution in [0.15, 0.2) is 54.4 Å². The van der Waals surface area contributed by atoms with E-state index in [2.05, 4.69) is 15.6 Å². The number of nitrogens with zero attached hydrogens (tertiary/aromatic N) is 1. The molecule has 3 N–H and O–H groups in total. The minimum Gasteiger partial charge on any atom is -0.355 e. The Bertz CT molecular complexity index is 846. The van der Waals surface area contributed by atoms with Crippen LogP contribution in [-0.4, -0.2) is 29.6 Å². The summed E-state index contributed by atoms with van der Waals surface area (Å²) in [6, 6.07) is 8.14. The fraction of sp³-hybridized carbons (Fsp3) is 0.111. The molecule has 0 saturated carbocycles. The number of carbonyl (C=O) groups excluding carboxylic acids is 2. The van der Waals surface area contributed by atoms with Gasteiger partial charge in [0.2, 0.25) is 0 Å². The topological polar surface area (TPSA) is 94.9 Å². The van der Waals surface area contributed by atoms with Crippen LogP contribution in [0.2, 0.25) is 10.0 Å². The molecule has 1 aromatic heterocycles. The van der Waals surface area contributed by atoms with E-state index in [-0.39, 0.29) is 17.8 Å². The molecule has 0 atom stereocenters. The van der Waals surface area contributed by atoms with Crippen LogP contribution in [0.25, 0.3) is 0 Å². The molecule has 1 aromatic carbocycles. The molecule has 0 aliphatic carbocycles. The quantitative estimate of drug-likeness (QED) is 0.306. The highest BCUT2D eigenvalue weighted by Gasteiger charge is 2.18. The number of hydrogen-bond acceptors (Lipinski definition) is 4.